The van der Waals surface area contributed by atoms with Gasteiger partial charge in [0.05, 0.1) is 5.69 Å². The molecule has 1 unspecified atom stereocenters. The van der Waals surface area contributed by atoms with E-state index >= 15 is 0 Å². The quantitative estimate of drug-likeness (QED) is 0.755. The first-order valence-electron chi connectivity index (χ1n) is 5.18. The molecule has 0 saturated heterocycles. The molecule has 3 N–H and O–H groups in total. The number of nitrogens with one attached hydrogen (secondary N) is 1. The normalized spacial score (nSPS) is 28.1. The number of hydrogen-bond acceptors (Lipinski definition) is 3. The Morgan fingerprint density at radius 3 is 2.86 bits per heavy atom. The van der Waals surface area contributed by atoms with Crippen LogP contribution in [-0.2, 0) is 0 Å². The molecule has 76 valence electrons. The van der Waals surface area contributed by atoms with Crippen molar-refractivity contribution in [2.75, 3.05) is 0 Å². The Morgan fingerprint density at radius 1 is 1.50 bits per heavy atom. The molecule has 0 aliphatic heterocycles. The standard InChI is InChI=1S/C11H17N3/c1-8(11-4-2-3-5-13-11)14-10-6-9(12)7-10/h2-5,8-10,14H,6-7,12H2,1H3. The molecule has 0 amide bonds. The lowest BCUT2D eigenvalue weighted by molar-refractivity contribution is 0.271. The van der Waals surface area contributed by atoms with E-state index in [1.54, 1.807) is 0 Å². The molecule has 3 heteroatoms. The van der Waals surface area contributed by atoms with Crippen molar-refractivity contribution < 1.29 is 0 Å². The van der Waals surface area contributed by atoms with E-state index in [0.29, 0.717) is 18.1 Å². The minimum atomic E-state index is 0.327. The van der Waals surface area contributed by atoms with Crippen molar-refractivity contribution in [2.45, 2.75) is 37.9 Å². The number of rotatable bonds is 3. The Morgan fingerprint density at radius 2 is 2.29 bits per heavy atom. The molecule has 0 bridgehead atoms. The topological polar surface area (TPSA) is 50.9 Å². The molecule has 0 radical (unpaired) electrons. The Hall–Kier alpha value is -0.930. The number of pyridine rings is 1. The Labute approximate surface area is 84.7 Å². The van der Waals surface area contributed by atoms with Crippen molar-refractivity contribution in [1.82, 2.24) is 10.3 Å². The van der Waals surface area contributed by atoms with Gasteiger partial charge in [0.25, 0.3) is 0 Å². The van der Waals surface area contributed by atoms with E-state index in [0.717, 1.165) is 18.5 Å². The lowest BCUT2D eigenvalue weighted by atomic mass is 9.87. The third kappa shape index (κ3) is 2.11. The fourth-order valence-electron chi connectivity index (χ4n) is 1.87. The van der Waals surface area contributed by atoms with Crippen molar-refractivity contribution in [1.29, 1.82) is 0 Å². The molecule has 1 saturated carbocycles. The van der Waals surface area contributed by atoms with Gasteiger partial charge in [0.2, 0.25) is 0 Å². The van der Waals surface area contributed by atoms with E-state index < -0.39 is 0 Å². The van der Waals surface area contributed by atoms with Crippen LogP contribution in [0.2, 0.25) is 0 Å². The summed E-state index contributed by atoms with van der Waals surface area (Å²) < 4.78 is 0. The highest BCUT2D eigenvalue weighted by Crippen LogP contribution is 2.21. The lowest BCUT2D eigenvalue weighted by Gasteiger charge is -2.35. The fourth-order valence-corrected chi connectivity index (χ4v) is 1.87. The molecule has 14 heavy (non-hydrogen) atoms. The van der Waals surface area contributed by atoms with E-state index in [9.17, 15) is 0 Å². The summed E-state index contributed by atoms with van der Waals surface area (Å²) in [6.07, 6.45) is 4.02. The van der Waals surface area contributed by atoms with E-state index in [2.05, 4.69) is 23.3 Å². The molecule has 3 nitrogen and oxygen atoms in total. The zero-order valence-corrected chi connectivity index (χ0v) is 8.48. The summed E-state index contributed by atoms with van der Waals surface area (Å²) in [5.41, 5.74) is 6.83. The van der Waals surface area contributed by atoms with E-state index in [-0.39, 0.29) is 0 Å². The predicted octanol–water partition coefficient (Wildman–Crippen LogP) is 1.22. The van der Waals surface area contributed by atoms with Gasteiger partial charge in [-0.25, -0.2) is 0 Å². The summed E-state index contributed by atoms with van der Waals surface area (Å²) in [5.74, 6) is 0. The van der Waals surface area contributed by atoms with Crippen LogP contribution in [0.1, 0.15) is 31.5 Å². The van der Waals surface area contributed by atoms with Gasteiger partial charge in [-0.3, -0.25) is 4.98 Å². The van der Waals surface area contributed by atoms with Crippen molar-refractivity contribution in [3.8, 4) is 0 Å². The maximum atomic E-state index is 5.73. The number of nitrogens with zero attached hydrogens (tertiary/aromatic N) is 1. The monoisotopic (exact) mass is 191 g/mol. The van der Waals surface area contributed by atoms with Gasteiger partial charge in [-0.1, -0.05) is 6.07 Å². The van der Waals surface area contributed by atoms with Crippen LogP contribution in [-0.4, -0.2) is 17.1 Å². The molecular weight excluding hydrogens is 174 g/mol. The molecular formula is C11H17N3. The van der Waals surface area contributed by atoms with E-state index in [4.69, 9.17) is 5.73 Å². The SMILES string of the molecule is CC(NC1CC(N)C1)c1ccccn1. The van der Waals surface area contributed by atoms with Gasteiger partial charge in [0, 0.05) is 24.3 Å². The zero-order chi connectivity index (χ0) is 9.97. The second-order valence-electron chi connectivity index (χ2n) is 4.07. The molecule has 1 aliphatic carbocycles. The minimum Gasteiger partial charge on any atom is -0.328 e. The maximum absolute atomic E-state index is 5.73. The van der Waals surface area contributed by atoms with Crippen LogP contribution in [0.25, 0.3) is 0 Å². The summed E-state index contributed by atoms with van der Waals surface area (Å²) in [6.45, 7) is 2.15. The highest BCUT2D eigenvalue weighted by atomic mass is 15.0. The van der Waals surface area contributed by atoms with Gasteiger partial charge in [-0.05, 0) is 31.9 Å². The lowest BCUT2D eigenvalue weighted by Crippen LogP contribution is -2.49. The molecule has 1 aromatic heterocycles. The largest absolute Gasteiger partial charge is 0.328 e. The Balaban J connectivity index is 1.87. The average Bonchev–Trinajstić information content (AvgIpc) is 2.17. The Kier molecular flexibility index (Phi) is 2.79. The van der Waals surface area contributed by atoms with Gasteiger partial charge in [-0.15, -0.1) is 0 Å². The summed E-state index contributed by atoms with van der Waals surface area (Å²) in [6, 6.07) is 7.33. The van der Waals surface area contributed by atoms with Gasteiger partial charge in [0.15, 0.2) is 0 Å². The summed E-state index contributed by atoms with van der Waals surface area (Å²) in [4.78, 5) is 4.32. The van der Waals surface area contributed by atoms with Crippen molar-refractivity contribution in [2.24, 2.45) is 5.73 Å². The fraction of sp³-hybridized carbons (Fsp3) is 0.545. The van der Waals surface area contributed by atoms with Crippen molar-refractivity contribution >= 4 is 0 Å². The van der Waals surface area contributed by atoms with Gasteiger partial charge in [0.1, 0.15) is 0 Å². The summed E-state index contributed by atoms with van der Waals surface area (Å²) in [7, 11) is 0. The molecule has 0 aromatic carbocycles. The Bertz CT molecular complexity index is 280. The van der Waals surface area contributed by atoms with Crippen LogP contribution in [0.15, 0.2) is 24.4 Å². The van der Waals surface area contributed by atoms with Crippen LogP contribution >= 0.6 is 0 Å². The molecule has 0 spiro atoms. The van der Waals surface area contributed by atoms with Crippen LogP contribution in [0.4, 0.5) is 0 Å². The minimum absolute atomic E-state index is 0.327. The smallest absolute Gasteiger partial charge is 0.0570 e. The van der Waals surface area contributed by atoms with Crippen molar-refractivity contribution in [3.63, 3.8) is 0 Å². The maximum Gasteiger partial charge on any atom is 0.0570 e. The third-order valence-electron chi connectivity index (χ3n) is 2.79. The molecule has 1 fully saturated rings. The molecule has 1 aliphatic rings. The molecule has 2 rings (SSSR count). The summed E-state index contributed by atoms with van der Waals surface area (Å²) in [5, 5.41) is 3.52. The summed E-state index contributed by atoms with van der Waals surface area (Å²) >= 11 is 0. The first kappa shape index (κ1) is 9.62. The van der Waals surface area contributed by atoms with Crippen LogP contribution in [0.5, 0.6) is 0 Å². The molecule has 1 heterocycles. The van der Waals surface area contributed by atoms with Gasteiger partial charge in [-0.2, -0.15) is 0 Å². The van der Waals surface area contributed by atoms with Crippen LogP contribution in [0, 0.1) is 0 Å². The highest BCUT2D eigenvalue weighted by Gasteiger charge is 2.26. The van der Waals surface area contributed by atoms with E-state index in [1.165, 1.54) is 0 Å². The average molecular weight is 191 g/mol. The van der Waals surface area contributed by atoms with Crippen molar-refractivity contribution in [3.05, 3.63) is 30.1 Å². The second kappa shape index (κ2) is 4.07. The molecule has 1 atom stereocenters. The number of aromatic nitrogens is 1. The van der Waals surface area contributed by atoms with Crippen LogP contribution < -0.4 is 11.1 Å². The zero-order valence-electron chi connectivity index (χ0n) is 8.48. The third-order valence-corrected chi connectivity index (χ3v) is 2.79. The number of nitrogens with two attached hydrogens (primary N) is 1. The number of hydrogen-bond donors (Lipinski definition) is 2. The van der Waals surface area contributed by atoms with Gasteiger partial charge < -0.3 is 11.1 Å². The molecule has 1 aromatic rings. The van der Waals surface area contributed by atoms with Gasteiger partial charge >= 0.3 is 0 Å². The second-order valence-corrected chi connectivity index (χ2v) is 4.07. The first-order valence-corrected chi connectivity index (χ1v) is 5.18. The first-order chi connectivity index (χ1) is 6.75. The predicted molar refractivity (Wildman–Crippen MR) is 56.8 cm³/mol. The van der Waals surface area contributed by atoms with Crippen LogP contribution in [0.3, 0.4) is 0 Å². The van der Waals surface area contributed by atoms with E-state index in [1.807, 2.05) is 18.3 Å². The highest BCUT2D eigenvalue weighted by molar-refractivity contribution is 5.08.